The van der Waals surface area contributed by atoms with Crippen LogP contribution in [-0.4, -0.2) is 16.0 Å². The highest BCUT2D eigenvalue weighted by atomic mass is 35.5. The van der Waals surface area contributed by atoms with Gasteiger partial charge in [0.2, 0.25) is 5.91 Å². The Morgan fingerprint density at radius 2 is 2.17 bits per heavy atom. The Labute approximate surface area is 148 Å². The van der Waals surface area contributed by atoms with Crippen LogP contribution >= 0.6 is 23.2 Å². The van der Waals surface area contributed by atoms with Crippen LogP contribution in [-0.2, 0) is 11.3 Å². The highest BCUT2D eigenvalue weighted by molar-refractivity contribution is 6.35. The number of benzene rings is 1. The molecule has 0 saturated heterocycles. The summed E-state index contributed by atoms with van der Waals surface area (Å²) in [6.45, 7) is -0.0324. The molecule has 0 bridgehead atoms. The Balaban J connectivity index is 1.76. The zero-order valence-corrected chi connectivity index (χ0v) is 14.1. The molecule has 126 valence electrons. The number of pyridine rings is 1. The van der Waals surface area contributed by atoms with Gasteiger partial charge < -0.3 is 10.4 Å². The third kappa shape index (κ3) is 3.38. The Kier molecular flexibility index (Phi) is 5.04. The van der Waals surface area contributed by atoms with E-state index < -0.39 is 17.8 Å². The molecule has 3 rings (SSSR count). The number of fused-ring (bicyclic) bond motifs is 1. The first-order valence-electron chi connectivity index (χ1n) is 7.51. The van der Waals surface area contributed by atoms with Gasteiger partial charge in [-0.05, 0) is 36.6 Å². The van der Waals surface area contributed by atoms with Crippen molar-refractivity contribution in [2.24, 2.45) is 0 Å². The highest BCUT2D eigenvalue weighted by Gasteiger charge is 2.31. The number of hydrogen-bond donors (Lipinski definition) is 2. The monoisotopic (exact) mass is 368 g/mol. The molecule has 1 heterocycles. The maximum Gasteiger partial charge on any atom is 0.227 e. The average molecular weight is 369 g/mol. The first-order chi connectivity index (χ1) is 11.5. The molecule has 2 atom stereocenters. The van der Waals surface area contributed by atoms with Crippen LogP contribution in [0.15, 0.2) is 30.5 Å². The summed E-state index contributed by atoms with van der Waals surface area (Å²) < 4.78 is 13.9. The fourth-order valence-electron chi connectivity index (χ4n) is 2.93. The van der Waals surface area contributed by atoms with Gasteiger partial charge in [0.05, 0.1) is 17.7 Å². The van der Waals surface area contributed by atoms with Crippen molar-refractivity contribution in [3.8, 4) is 0 Å². The second kappa shape index (κ2) is 7.05. The van der Waals surface area contributed by atoms with E-state index in [1.165, 1.54) is 6.07 Å². The molecule has 24 heavy (non-hydrogen) atoms. The molecule has 4 nitrogen and oxygen atoms in total. The number of carbonyl (C=O) groups is 1. The van der Waals surface area contributed by atoms with E-state index in [1.54, 1.807) is 18.3 Å². The molecule has 0 aliphatic heterocycles. The molecular weight excluding hydrogens is 354 g/mol. The summed E-state index contributed by atoms with van der Waals surface area (Å²) in [5, 5.41) is 13.1. The maximum atomic E-state index is 13.9. The molecule has 0 fully saturated rings. The second-order valence-electron chi connectivity index (χ2n) is 5.69. The summed E-state index contributed by atoms with van der Waals surface area (Å²) >= 11 is 11.7. The molecule has 1 aliphatic rings. The van der Waals surface area contributed by atoms with Crippen LogP contribution in [0.3, 0.4) is 0 Å². The number of nitrogens with zero attached hydrogens (tertiary/aromatic N) is 1. The van der Waals surface area contributed by atoms with Gasteiger partial charge in [-0.3, -0.25) is 9.78 Å². The van der Waals surface area contributed by atoms with Crippen molar-refractivity contribution in [3.05, 3.63) is 63.1 Å². The van der Waals surface area contributed by atoms with Crippen molar-refractivity contribution < 1.29 is 14.3 Å². The summed E-state index contributed by atoms with van der Waals surface area (Å²) in [6.07, 6.45) is 1.89. The van der Waals surface area contributed by atoms with E-state index in [0.717, 1.165) is 6.07 Å². The van der Waals surface area contributed by atoms with Gasteiger partial charge in [-0.2, -0.15) is 0 Å². The summed E-state index contributed by atoms with van der Waals surface area (Å²) in [5.41, 5.74) is 1.42. The molecule has 1 amide bonds. The van der Waals surface area contributed by atoms with Crippen LogP contribution < -0.4 is 5.32 Å². The SMILES string of the molecule is O=C(NCc1c(F)cc(Cl)cc1Cl)[C@@H]1CC[C@@H](O)c2ncccc21. The lowest BCUT2D eigenvalue weighted by Crippen LogP contribution is -2.32. The van der Waals surface area contributed by atoms with Crippen molar-refractivity contribution in [2.45, 2.75) is 31.4 Å². The lowest BCUT2D eigenvalue weighted by atomic mass is 9.83. The van der Waals surface area contributed by atoms with Gasteiger partial charge in [0.25, 0.3) is 0 Å². The Bertz CT molecular complexity index is 762. The molecule has 0 unspecified atom stereocenters. The van der Waals surface area contributed by atoms with Crippen molar-refractivity contribution in [3.63, 3.8) is 0 Å². The number of halogens is 3. The number of hydrogen-bond acceptors (Lipinski definition) is 3. The largest absolute Gasteiger partial charge is 0.387 e. The number of rotatable bonds is 3. The van der Waals surface area contributed by atoms with Gasteiger partial charge in [0, 0.05) is 28.4 Å². The minimum Gasteiger partial charge on any atom is -0.387 e. The van der Waals surface area contributed by atoms with E-state index in [4.69, 9.17) is 23.2 Å². The number of aliphatic hydroxyl groups excluding tert-OH is 1. The summed E-state index contributed by atoms with van der Waals surface area (Å²) in [4.78, 5) is 16.7. The number of aliphatic hydroxyl groups is 1. The van der Waals surface area contributed by atoms with Gasteiger partial charge in [0.15, 0.2) is 0 Å². The number of amides is 1. The van der Waals surface area contributed by atoms with E-state index in [-0.39, 0.29) is 28.1 Å². The molecule has 1 aromatic heterocycles. The third-order valence-corrected chi connectivity index (χ3v) is 4.71. The number of aromatic nitrogens is 1. The standard InChI is InChI=1S/C17H15Cl2FN2O2/c18-9-6-13(19)12(14(20)7-9)8-22-17(24)11-3-4-15(23)16-10(11)2-1-5-21-16/h1-2,5-7,11,15,23H,3-4,8H2,(H,22,24)/t11-,15-/m1/s1. The first kappa shape index (κ1) is 17.1. The van der Waals surface area contributed by atoms with E-state index in [1.807, 2.05) is 0 Å². The lowest BCUT2D eigenvalue weighted by Gasteiger charge is -2.27. The molecular formula is C17H15Cl2FN2O2. The molecule has 0 saturated carbocycles. The predicted molar refractivity (Wildman–Crippen MR) is 89.4 cm³/mol. The predicted octanol–water partition coefficient (Wildman–Crippen LogP) is 3.75. The molecule has 1 aromatic carbocycles. The summed E-state index contributed by atoms with van der Waals surface area (Å²) in [6, 6.07) is 6.10. The molecule has 0 spiro atoms. The molecule has 2 N–H and O–H groups in total. The van der Waals surface area contributed by atoms with Crippen LogP contribution in [0, 0.1) is 5.82 Å². The van der Waals surface area contributed by atoms with Gasteiger partial charge in [-0.25, -0.2) is 4.39 Å². The smallest absolute Gasteiger partial charge is 0.227 e. The Morgan fingerprint density at radius 3 is 2.92 bits per heavy atom. The van der Waals surface area contributed by atoms with Crippen LogP contribution in [0.4, 0.5) is 4.39 Å². The quantitative estimate of drug-likeness (QED) is 0.866. The van der Waals surface area contributed by atoms with Crippen molar-refractivity contribution >= 4 is 29.1 Å². The van der Waals surface area contributed by atoms with E-state index in [9.17, 15) is 14.3 Å². The number of carbonyl (C=O) groups excluding carboxylic acids is 1. The minimum absolute atomic E-state index is 0.0324. The van der Waals surface area contributed by atoms with Crippen LogP contribution in [0.2, 0.25) is 10.0 Å². The van der Waals surface area contributed by atoms with Gasteiger partial charge in [0.1, 0.15) is 5.82 Å². The van der Waals surface area contributed by atoms with Crippen LogP contribution in [0.5, 0.6) is 0 Å². The van der Waals surface area contributed by atoms with E-state index in [2.05, 4.69) is 10.3 Å². The average Bonchev–Trinajstić information content (AvgIpc) is 2.54. The van der Waals surface area contributed by atoms with Crippen molar-refractivity contribution in [2.75, 3.05) is 0 Å². The fraction of sp³-hybridized carbons (Fsp3) is 0.294. The fourth-order valence-corrected chi connectivity index (χ4v) is 3.47. The first-order valence-corrected chi connectivity index (χ1v) is 8.27. The Morgan fingerprint density at radius 1 is 1.38 bits per heavy atom. The zero-order valence-electron chi connectivity index (χ0n) is 12.6. The molecule has 1 aliphatic carbocycles. The zero-order chi connectivity index (χ0) is 17.3. The van der Waals surface area contributed by atoms with E-state index >= 15 is 0 Å². The third-order valence-electron chi connectivity index (χ3n) is 4.15. The minimum atomic E-state index is -0.659. The highest BCUT2D eigenvalue weighted by Crippen LogP contribution is 2.36. The molecule has 7 heteroatoms. The second-order valence-corrected chi connectivity index (χ2v) is 6.53. The van der Waals surface area contributed by atoms with Gasteiger partial charge in [-0.15, -0.1) is 0 Å². The van der Waals surface area contributed by atoms with E-state index in [0.29, 0.717) is 24.1 Å². The lowest BCUT2D eigenvalue weighted by molar-refractivity contribution is -0.123. The van der Waals surface area contributed by atoms with Crippen LogP contribution in [0.1, 0.15) is 41.7 Å². The summed E-state index contributed by atoms with van der Waals surface area (Å²) in [5.74, 6) is -1.23. The molecule has 2 aromatic rings. The topological polar surface area (TPSA) is 62.2 Å². The molecule has 0 radical (unpaired) electrons. The Hall–Kier alpha value is -1.69. The normalized spacial score (nSPS) is 19.7. The van der Waals surface area contributed by atoms with Gasteiger partial charge in [-0.1, -0.05) is 29.3 Å². The maximum absolute atomic E-state index is 13.9. The van der Waals surface area contributed by atoms with Crippen molar-refractivity contribution in [1.29, 1.82) is 0 Å². The number of nitrogens with one attached hydrogen (secondary N) is 1. The summed E-state index contributed by atoms with van der Waals surface area (Å²) in [7, 11) is 0. The van der Waals surface area contributed by atoms with Crippen LogP contribution in [0.25, 0.3) is 0 Å². The van der Waals surface area contributed by atoms with Crippen molar-refractivity contribution in [1.82, 2.24) is 10.3 Å². The van der Waals surface area contributed by atoms with Gasteiger partial charge >= 0.3 is 0 Å².